The molecule has 1 nitrogen and oxygen atoms in total. The van der Waals surface area contributed by atoms with Crippen LogP contribution in [0.15, 0.2) is 24.3 Å². The standard InChI is InChI=1S/C10H14N/c1-3-8(2)9-5-4-6-10(11)7-9/h4-8,11H,3H2,1-2H3. The van der Waals surface area contributed by atoms with Crippen LogP contribution in [0.3, 0.4) is 0 Å². The van der Waals surface area contributed by atoms with Crippen molar-refractivity contribution in [2.45, 2.75) is 26.2 Å². The molecule has 0 spiro atoms. The predicted molar refractivity (Wildman–Crippen MR) is 47.9 cm³/mol. The molecule has 0 aromatic heterocycles. The van der Waals surface area contributed by atoms with Crippen LogP contribution in [0.4, 0.5) is 5.69 Å². The SMILES string of the molecule is CCC(C)c1cccc([NH])c1. The molecule has 1 heteroatoms. The molecular weight excluding hydrogens is 134 g/mol. The Kier molecular flexibility index (Phi) is 2.53. The summed E-state index contributed by atoms with van der Waals surface area (Å²) in [4.78, 5) is 0. The zero-order valence-electron chi connectivity index (χ0n) is 7.09. The lowest BCUT2D eigenvalue weighted by atomic mass is 9.98. The van der Waals surface area contributed by atoms with E-state index in [9.17, 15) is 0 Å². The summed E-state index contributed by atoms with van der Waals surface area (Å²) in [7, 11) is 0. The van der Waals surface area contributed by atoms with E-state index in [1.54, 1.807) is 0 Å². The Labute approximate surface area is 68.2 Å². The first-order chi connectivity index (χ1) is 5.24. The fourth-order valence-electron chi connectivity index (χ4n) is 1.08. The number of nitrogens with one attached hydrogen (secondary N) is 1. The van der Waals surface area contributed by atoms with Crippen LogP contribution in [0.2, 0.25) is 0 Å². The van der Waals surface area contributed by atoms with Crippen LogP contribution in [0.1, 0.15) is 31.7 Å². The highest BCUT2D eigenvalue weighted by Gasteiger charge is 2.01. The summed E-state index contributed by atoms with van der Waals surface area (Å²) in [6.45, 7) is 4.36. The van der Waals surface area contributed by atoms with E-state index < -0.39 is 0 Å². The van der Waals surface area contributed by atoms with Crippen molar-refractivity contribution in [2.75, 3.05) is 0 Å². The second-order valence-corrected chi connectivity index (χ2v) is 2.93. The molecule has 59 valence electrons. The first-order valence-electron chi connectivity index (χ1n) is 4.05. The van der Waals surface area contributed by atoms with Crippen LogP contribution in [0.25, 0.3) is 0 Å². The minimum absolute atomic E-state index is 0.584. The molecule has 1 radical (unpaired) electrons. The minimum atomic E-state index is 0.584. The highest BCUT2D eigenvalue weighted by atomic mass is 14.5. The summed E-state index contributed by atoms with van der Waals surface area (Å²) in [5.74, 6) is 0.584. The third-order valence-corrected chi connectivity index (χ3v) is 2.07. The second kappa shape index (κ2) is 3.42. The van der Waals surface area contributed by atoms with Gasteiger partial charge in [-0.2, -0.15) is 0 Å². The van der Waals surface area contributed by atoms with E-state index in [0.29, 0.717) is 11.6 Å². The molecular formula is C10H14N. The third-order valence-electron chi connectivity index (χ3n) is 2.07. The van der Waals surface area contributed by atoms with E-state index in [0.717, 1.165) is 6.42 Å². The molecule has 0 aliphatic heterocycles. The summed E-state index contributed by atoms with van der Waals surface area (Å²) in [5.41, 5.74) is 9.30. The molecule has 0 heterocycles. The average Bonchev–Trinajstić information content (AvgIpc) is 2.03. The fraction of sp³-hybridized carbons (Fsp3) is 0.400. The summed E-state index contributed by atoms with van der Waals surface area (Å²) in [6.07, 6.45) is 1.14. The molecule has 0 fully saturated rings. The summed E-state index contributed by atoms with van der Waals surface area (Å²) >= 11 is 0. The van der Waals surface area contributed by atoms with Gasteiger partial charge in [0.15, 0.2) is 0 Å². The van der Waals surface area contributed by atoms with Crippen molar-refractivity contribution in [2.24, 2.45) is 0 Å². The molecule has 0 aliphatic carbocycles. The first kappa shape index (κ1) is 8.12. The van der Waals surface area contributed by atoms with Gasteiger partial charge in [-0.3, -0.25) is 0 Å². The van der Waals surface area contributed by atoms with E-state index in [-0.39, 0.29) is 0 Å². The van der Waals surface area contributed by atoms with Gasteiger partial charge >= 0.3 is 0 Å². The van der Waals surface area contributed by atoms with E-state index in [4.69, 9.17) is 5.73 Å². The van der Waals surface area contributed by atoms with Gasteiger partial charge in [-0.05, 0) is 30.0 Å². The largest absolute Gasteiger partial charge is 0.301 e. The van der Waals surface area contributed by atoms with Gasteiger partial charge in [-0.1, -0.05) is 26.0 Å². The Morgan fingerprint density at radius 1 is 1.45 bits per heavy atom. The van der Waals surface area contributed by atoms with Crippen molar-refractivity contribution >= 4 is 5.69 Å². The number of hydrogen-bond acceptors (Lipinski definition) is 0. The highest BCUT2D eigenvalue weighted by molar-refractivity contribution is 5.38. The van der Waals surface area contributed by atoms with Crippen molar-refractivity contribution in [3.63, 3.8) is 0 Å². The predicted octanol–water partition coefficient (Wildman–Crippen LogP) is 3.11. The quantitative estimate of drug-likeness (QED) is 0.615. The van der Waals surface area contributed by atoms with Crippen LogP contribution >= 0.6 is 0 Å². The molecule has 0 bridgehead atoms. The van der Waals surface area contributed by atoms with Gasteiger partial charge in [-0.15, -0.1) is 0 Å². The summed E-state index contributed by atoms with van der Waals surface area (Å²) < 4.78 is 0. The van der Waals surface area contributed by atoms with Crippen LogP contribution in [0.5, 0.6) is 0 Å². The van der Waals surface area contributed by atoms with Crippen LogP contribution in [0, 0.1) is 0 Å². The molecule has 1 aromatic rings. The van der Waals surface area contributed by atoms with Gasteiger partial charge in [0.25, 0.3) is 0 Å². The van der Waals surface area contributed by atoms with E-state index in [1.165, 1.54) is 5.56 Å². The van der Waals surface area contributed by atoms with Gasteiger partial charge in [0, 0.05) is 0 Å². The Morgan fingerprint density at radius 2 is 2.18 bits per heavy atom. The van der Waals surface area contributed by atoms with E-state index >= 15 is 0 Å². The van der Waals surface area contributed by atoms with Crippen LogP contribution in [-0.2, 0) is 0 Å². The summed E-state index contributed by atoms with van der Waals surface area (Å²) in [6, 6.07) is 7.79. The lowest BCUT2D eigenvalue weighted by Gasteiger charge is -2.08. The maximum atomic E-state index is 7.40. The second-order valence-electron chi connectivity index (χ2n) is 2.93. The first-order valence-corrected chi connectivity index (χ1v) is 4.05. The zero-order chi connectivity index (χ0) is 8.27. The maximum Gasteiger partial charge on any atom is 0.0542 e. The highest BCUT2D eigenvalue weighted by Crippen LogP contribution is 2.20. The Morgan fingerprint density at radius 3 is 2.73 bits per heavy atom. The Hall–Kier alpha value is -0.980. The molecule has 1 aromatic carbocycles. The Bertz CT molecular complexity index is 230. The molecule has 1 atom stereocenters. The summed E-state index contributed by atoms with van der Waals surface area (Å²) in [5, 5.41) is 0. The third kappa shape index (κ3) is 1.97. The van der Waals surface area contributed by atoms with Gasteiger partial charge < -0.3 is 5.73 Å². The van der Waals surface area contributed by atoms with Crippen molar-refractivity contribution in [3.8, 4) is 0 Å². The van der Waals surface area contributed by atoms with Crippen molar-refractivity contribution in [3.05, 3.63) is 29.8 Å². The molecule has 1 N–H and O–H groups in total. The smallest absolute Gasteiger partial charge is 0.0542 e. The van der Waals surface area contributed by atoms with E-state index in [2.05, 4.69) is 19.9 Å². The molecule has 0 aliphatic rings. The molecule has 0 saturated heterocycles. The topological polar surface area (TPSA) is 23.8 Å². The Balaban J connectivity index is 2.86. The lowest BCUT2D eigenvalue weighted by molar-refractivity contribution is 0.733. The normalized spacial score (nSPS) is 12.9. The molecule has 11 heavy (non-hydrogen) atoms. The van der Waals surface area contributed by atoms with Gasteiger partial charge in [0.2, 0.25) is 0 Å². The molecule has 0 saturated carbocycles. The number of hydrogen-bond donors (Lipinski definition) is 0. The molecule has 1 unspecified atom stereocenters. The lowest BCUT2D eigenvalue weighted by Crippen LogP contribution is -1.89. The van der Waals surface area contributed by atoms with Crippen LogP contribution in [-0.4, -0.2) is 0 Å². The minimum Gasteiger partial charge on any atom is -0.301 e. The maximum absolute atomic E-state index is 7.40. The number of benzene rings is 1. The van der Waals surface area contributed by atoms with Gasteiger partial charge in [0.1, 0.15) is 0 Å². The van der Waals surface area contributed by atoms with Crippen molar-refractivity contribution in [1.82, 2.24) is 5.73 Å². The van der Waals surface area contributed by atoms with Crippen molar-refractivity contribution < 1.29 is 0 Å². The monoisotopic (exact) mass is 148 g/mol. The van der Waals surface area contributed by atoms with Gasteiger partial charge in [-0.25, -0.2) is 0 Å². The average molecular weight is 148 g/mol. The van der Waals surface area contributed by atoms with Crippen molar-refractivity contribution in [1.29, 1.82) is 0 Å². The van der Waals surface area contributed by atoms with E-state index in [1.807, 2.05) is 18.2 Å². The zero-order valence-corrected chi connectivity index (χ0v) is 7.09. The molecule has 0 amide bonds. The number of rotatable bonds is 2. The fourth-order valence-corrected chi connectivity index (χ4v) is 1.08. The van der Waals surface area contributed by atoms with Gasteiger partial charge in [0.05, 0.1) is 5.69 Å². The van der Waals surface area contributed by atoms with Crippen LogP contribution < -0.4 is 5.73 Å². The molecule has 1 rings (SSSR count).